The molecule has 0 radical (unpaired) electrons. The number of thioether (sulfide) groups is 1. The number of rotatable bonds is 5. The van der Waals surface area contributed by atoms with Gasteiger partial charge in [0.25, 0.3) is 0 Å². The second-order valence-corrected chi connectivity index (χ2v) is 8.64. The molecule has 0 fully saturated rings. The topological polar surface area (TPSA) is 78.7 Å². The van der Waals surface area contributed by atoms with Gasteiger partial charge in [-0.05, 0) is 30.7 Å². The van der Waals surface area contributed by atoms with Gasteiger partial charge in [-0.2, -0.15) is 5.26 Å². The largest absolute Gasteiger partial charge is 0.324 e. The molecule has 0 aliphatic rings. The van der Waals surface area contributed by atoms with Crippen LogP contribution in [0.15, 0.2) is 72.0 Å². The summed E-state index contributed by atoms with van der Waals surface area (Å²) in [6, 6.07) is 21.3. The molecule has 4 rings (SSSR count). The normalized spacial score (nSPS) is 11.7. The molecule has 1 amide bonds. The summed E-state index contributed by atoms with van der Waals surface area (Å²) in [4.78, 5) is 23.5. The van der Waals surface area contributed by atoms with Gasteiger partial charge < -0.3 is 5.32 Å². The van der Waals surface area contributed by atoms with Crippen molar-refractivity contribution in [3.63, 3.8) is 0 Å². The zero-order chi connectivity index (χ0) is 20.2. The highest BCUT2D eigenvalue weighted by atomic mass is 32.2. The number of thiophene rings is 1. The summed E-state index contributed by atoms with van der Waals surface area (Å²) in [5, 5.41) is 13.4. The van der Waals surface area contributed by atoms with Crippen molar-refractivity contribution in [2.45, 2.75) is 17.2 Å². The number of fused-ring (bicyclic) bond motifs is 1. The van der Waals surface area contributed by atoms with Crippen LogP contribution in [-0.2, 0) is 4.79 Å². The predicted molar refractivity (Wildman–Crippen MR) is 118 cm³/mol. The van der Waals surface area contributed by atoms with Crippen LogP contribution in [0, 0.1) is 11.3 Å². The van der Waals surface area contributed by atoms with E-state index in [1.54, 1.807) is 35.6 Å². The van der Waals surface area contributed by atoms with Crippen molar-refractivity contribution >= 4 is 44.9 Å². The smallest absolute Gasteiger partial charge is 0.237 e. The molecule has 29 heavy (non-hydrogen) atoms. The molecule has 0 spiro atoms. The fourth-order valence-electron chi connectivity index (χ4n) is 2.82. The van der Waals surface area contributed by atoms with E-state index in [-0.39, 0.29) is 11.2 Å². The number of para-hydroxylation sites is 1. The quantitative estimate of drug-likeness (QED) is 0.350. The molecular formula is C22H16N4OS2. The minimum Gasteiger partial charge on any atom is -0.324 e. The fraction of sp³-hybridized carbons (Fsp3) is 0.0909. The molecule has 5 nitrogen and oxygen atoms in total. The standard InChI is InChI=1S/C22H16N4OS2/c1-14(20(27)26-18-10-6-5-9-16(18)12-23)28-21-17-11-19(15-7-3-2-4-8-15)29-22(17)25-13-24-21/h2-11,13-14H,1H3,(H,26,27). The number of carbonyl (C=O) groups is 1. The van der Waals surface area contributed by atoms with E-state index < -0.39 is 0 Å². The highest BCUT2D eigenvalue weighted by Crippen LogP contribution is 2.37. The van der Waals surface area contributed by atoms with Crippen LogP contribution in [0.25, 0.3) is 20.7 Å². The monoisotopic (exact) mass is 416 g/mol. The van der Waals surface area contributed by atoms with Crippen molar-refractivity contribution in [3.8, 4) is 16.5 Å². The number of carbonyl (C=O) groups excluding carboxylic acids is 1. The molecule has 2 aromatic heterocycles. The maximum atomic E-state index is 12.7. The number of nitriles is 1. The van der Waals surface area contributed by atoms with Gasteiger partial charge in [0.2, 0.25) is 5.91 Å². The van der Waals surface area contributed by atoms with Gasteiger partial charge in [0.05, 0.1) is 16.5 Å². The third-order valence-corrected chi connectivity index (χ3v) is 6.52. The molecular weight excluding hydrogens is 400 g/mol. The lowest BCUT2D eigenvalue weighted by atomic mass is 10.2. The molecule has 4 aromatic rings. The van der Waals surface area contributed by atoms with Crippen LogP contribution in [0.2, 0.25) is 0 Å². The molecule has 0 saturated heterocycles. The van der Waals surface area contributed by atoms with E-state index in [0.29, 0.717) is 11.3 Å². The van der Waals surface area contributed by atoms with E-state index in [1.165, 1.54) is 18.1 Å². The highest BCUT2D eigenvalue weighted by molar-refractivity contribution is 8.00. The van der Waals surface area contributed by atoms with E-state index >= 15 is 0 Å². The average Bonchev–Trinajstić information content (AvgIpc) is 3.20. The summed E-state index contributed by atoms with van der Waals surface area (Å²) in [6.07, 6.45) is 1.53. The number of hydrogen-bond donors (Lipinski definition) is 1. The number of benzene rings is 2. The van der Waals surface area contributed by atoms with Crippen LogP contribution in [0.3, 0.4) is 0 Å². The van der Waals surface area contributed by atoms with Crippen molar-refractivity contribution in [1.29, 1.82) is 5.26 Å². The summed E-state index contributed by atoms with van der Waals surface area (Å²) >= 11 is 2.99. The highest BCUT2D eigenvalue weighted by Gasteiger charge is 2.19. The second kappa shape index (κ2) is 8.43. The van der Waals surface area contributed by atoms with Crippen LogP contribution in [0.4, 0.5) is 5.69 Å². The summed E-state index contributed by atoms with van der Waals surface area (Å²) in [5.41, 5.74) is 2.08. The summed E-state index contributed by atoms with van der Waals surface area (Å²) in [7, 11) is 0. The first kappa shape index (κ1) is 19.1. The fourth-order valence-corrected chi connectivity index (χ4v) is 4.78. The second-order valence-electron chi connectivity index (χ2n) is 6.28. The van der Waals surface area contributed by atoms with E-state index in [9.17, 15) is 10.1 Å². The maximum absolute atomic E-state index is 12.7. The number of amides is 1. The Morgan fingerprint density at radius 1 is 1.14 bits per heavy atom. The maximum Gasteiger partial charge on any atom is 0.237 e. The van der Waals surface area contributed by atoms with Crippen molar-refractivity contribution < 1.29 is 4.79 Å². The summed E-state index contributed by atoms with van der Waals surface area (Å²) in [5.74, 6) is -0.178. The zero-order valence-corrected chi connectivity index (χ0v) is 17.1. The van der Waals surface area contributed by atoms with Gasteiger partial charge >= 0.3 is 0 Å². The van der Waals surface area contributed by atoms with Crippen LogP contribution < -0.4 is 5.32 Å². The number of nitrogens with zero attached hydrogens (tertiary/aromatic N) is 3. The molecule has 1 N–H and O–H groups in total. The van der Waals surface area contributed by atoms with E-state index in [1.807, 2.05) is 25.1 Å². The minimum absolute atomic E-state index is 0.178. The lowest BCUT2D eigenvalue weighted by Gasteiger charge is -2.12. The Morgan fingerprint density at radius 2 is 1.90 bits per heavy atom. The Hall–Kier alpha value is -3.21. The lowest BCUT2D eigenvalue weighted by molar-refractivity contribution is -0.115. The molecule has 7 heteroatoms. The van der Waals surface area contributed by atoms with Gasteiger partial charge in [0.15, 0.2) is 0 Å². The van der Waals surface area contributed by atoms with Gasteiger partial charge in [-0.1, -0.05) is 54.2 Å². The van der Waals surface area contributed by atoms with Crippen LogP contribution in [0.1, 0.15) is 12.5 Å². The van der Waals surface area contributed by atoms with Gasteiger partial charge in [0, 0.05) is 10.3 Å². The molecule has 2 heterocycles. The Morgan fingerprint density at radius 3 is 2.69 bits per heavy atom. The van der Waals surface area contributed by atoms with Crippen LogP contribution in [0.5, 0.6) is 0 Å². The molecule has 2 aromatic carbocycles. The van der Waals surface area contributed by atoms with Crippen molar-refractivity contribution in [2.75, 3.05) is 5.32 Å². The van der Waals surface area contributed by atoms with Crippen molar-refractivity contribution in [3.05, 3.63) is 72.6 Å². The van der Waals surface area contributed by atoms with E-state index in [4.69, 9.17) is 0 Å². The number of hydrogen-bond acceptors (Lipinski definition) is 6. The molecule has 0 saturated carbocycles. The third-order valence-electron chi connectivity index (χ3n) is 4.31. The predicted octanol–water partition coefficient (Wildman–Crippen LogP) is 5.35. The molecule has 1 unspecified atom stereocenters. The first-order chi connectivity index (χ1) is 14.2. The summed E-state index contributed by atoms with van der Waals surface area (Å²) < 4.78 is 0. The zero-order valence-electron chi connectivity index (χ0n) is 15.5. The Balaban J connectivity index is 1.56. The Kier molecular flexibility index (Phi) is 5.56. The van der Waals surface area contributed by atoms with Gasteiger partial charge in [-0.25, -0.2) is 9.97 Å². The molecule has 142 valence electrons. The third kappa shape index (κ3) is 4.14. The number of aromatic nitrogens is 2. The Bertz CT molecular complexity index is 1210. The van der Waals surface area contributed by atoms with E-state index in [2.05, 4.69) is 39.6 Å². The van der Waals surface area contributed by atoms with E-state index in [0.717, 1.165) is 25.7 Å². The first-order valence-corrected chi connectivity index (χ1v) is 10.6. The van der Waals surface area contributed by atoms with Crippen molar-refractivity contribution in [2.24, 2.45) is 0 Å². The van der Waals surface area contributed by atoms with Crippen LogP contribution >= 0.6 is 23.1 Å². The lowest BCUT2D eigenvalue weighted by Crippen LogP contribution is -2.23. The number of nitrogens with one attached hydrogen (secondary N) is 1. The SMILES string of the molecule is CC(Sc1ncnc2sc(-c3ccccc3)cc12)C(=O)Nc1ccccc1C#N. The van der Waals surface area contributed by atoms with Gasteiger partial charge in [-0.3, -0.25) is 4.79 Å². The summed E-state index contributed by atoms with van der Waals surface area (Å²) in [6.45, 7) is 1.83. The Labute approximate surface area is 176 Å². The first-order valence-electron chi connectivity index (χ1n) is 8.92. The number of anilines is 1. The van der Waals surface area contributed by atoms with Crippen molar-refractivity contribution in [1.82, 2.24) is 9.97 Å². The molecule has 0 aliphatic carbocycles. The van der Waals surface area contributed by atoms with Crippen LogP contribution in [-0.4, -0.2) is 21.1 Å². The minimum atomic E-state index is -0.389. The molecule has 1 atom stereocenters. The average molecular weight is 417 g/mol. The molecule has 0 bridgehead atoms. The van der Waals surface area contributed by atoms with Gasteiger partial charge in [-0.15, -0.1) is 11.3 Å². The van der Waals surface area contributed by atoms with Gasteiger partial charge in [0.1, 0.15) is 22.3 Å². The molecule has 0 aliphatic heterocycles.